The van der Waals surface area contributed by atoms with E-state index < -0.39 is 11.8 Å². The number of tetrazole rings is 1. The number of hydrogen-bond acceptors (Lipinski definition) is 8. The molecule has 0 spiro atoms. The van der Waals surface area contributed by atoms with Gasteiger partial charge in [-0.1, -0.05) is 48.5 Å². The third-order valence-corrected chi connectivity index (χ3v) is 6.38. The van der Waals surface area contributed by atoms with Gasteiger partial charge in [0.1, 0.15) is 9.88 Å². The molecular formula is C25H20N8O2S. The number of aromatic nitrogens is 6. The molecule has 5 aromatic rings. The van der Waals surface area contributed by atoms with Gasteiger partial charge in [0, 0.05) is 17.3 Å². The summed E-state index contributed by atoms with van der Waals surface area (Å²) in [5, 5.41) is 13.2. The van der Waals surface area contributed by atoms with Gasteiger partial charge in [0.15, 0.2) is 0 Å². The van der Waals surface area contributed by atoms with Gasteiger partial charge in [0.25, 0.3) is 11.8 Å². The predicted octanol–water partition coefficient (Wildman–Crippen LogP) is 3.29. The van der Waals surface area contributed by atoms with Gasteiger partial charge in [0.05, 0.1) is 17.9 Å². The first-order valence-electron chi connectivity index (χ1n) is 11.0. The van der Waals surface area contributed by atoms with E-state index in [1.165, 1.54) is 16.1 Å². The maximum atomic E-state index is 12.6. The molecule has 36 heavy (non-hydrogen) atoms. The number of hydrogen-bond donors (Lipinski definition) is 2. The van der Waals surface area contributed by atoms with Crippen LogP contribution in [-0.2, 0) is 6.54 Å². The van der Waals surface area contributed by atoms with Crippen molar-refractivity contribution in [2.45, 2.75) is 13.5 Å². The molecule has 0 aliphatic heterocycles. The number of hydrazine groups is 1. The topological polar surface area (TPSA) is 128 Å². The second-order valence-electron chi connectivity index (χ2n) is 7.76. The molecule has 2 N–H and O–H groups in total. The number of amides is 2. The van der Waals surface area contributed by atoms with Crippen LogP contribution in [0.2, 0.25) is 0 Å². The largest absolute Gasteiger partial charge is 0.281 e. The Balaban J connectivity index is 1.18. The van der Waals surface area contributed by atoms with Crippen LogP contribution in [0, 0.1) is 6.92 Å². The van der Waals surface area contributed by atoms with Crippen molar-refractivity contribution in [2.24, 2.45) is 0 Å². The van der Waals surface area contributed by atoms with Crippen LogP contribution in [0.3, 0.4) is 0 Å². The number of nitrogens with one attached hydrogen (secondary N) is 2. The smallest absolute Gasteiger partial charge is 0.267 e. The Morgan fingerprint density at radius 2 is 1.67 bits per heavy atom. The van der Waals surface area contributed by atoms with Crippen LogP contribution >= 0.6 is 11.3 Å². The number of aryl methyl sites for hydroxylation is 1. The van der Waals surface area contributed by atoms with Gasteiger partial charge in [-0.2, -0.15) is 4.80 Å². The van der Waals surface area contributed by atoms with E-state index in [9.17, 15) is 9.59 Å². The molecule has 10 nitrogen and oxygen atoms in total. The number of carbonyl (C=O) groups is 2. The monoisotopic (exact) mass is 496 g/mol. The molecule has 3 heterocycles. The van der Waals surface area contributed by atoms with Gasteiger partial charge in [-0.3, -0.25) is 25.4 Å². The van der Waals surface area contributed by atoms with Gasteiger partial charge in [0.2, 0.25) is 5.82 Å². The first-order chi connectivity index (χ1) is 17.6. The fourth-order valence-electron chi connectivity index (χ4n) is 3.39. The van der Waals surface area contributed by atoms with Crippen molar-refractivity contribution < 1.29 is 9.59 Å². The number of rotatable bonds is 6. The van der Waals surface area contributed by atoms with E-state index in [0.29, 0.717) is 39.2 Å². The Morgan fingerprint density at radius 3 is 2.42 bits per heavy atom. The molecule has 2 amide bonds. The summed E-state index contributed by atoms with van der Waals surface area (Å²) in [5.41, 5.74) is 8.33. The molecule has 178 valence electrons. The first kappa shape index (κ1) is 23.0. The minimum Gasteiger partial charge on any atom is -0.267 e. The van der Waals surface area contributed by atoms with Gasteiger partial charge in [-0.05, 0) is 42.0 Å². The Hall–Kier alpha value is -4.77. The molecular weight excluding hydrogens is 476 g/mol. The Bertz CT molecular complexity index is 1500. The van der Waals surface area contributed by atoms with Crippen LogP contribution in [0.5, 0.6) is 0 Å². The summed E-state index contributed by atoms with van der Waals surface area (Å²) in [7, 11) is 0. The molecule has 0 saturated carbocycles. The summed E-state index contributed by atoms with van der Waals surface area (Å²) >= 11 is 1.22. The molecule has 0 fully saturated rings. The lowest BCUT2D eigenvalue weighted by Gasteiger charge is -2.07. The normalized spacial score (nSPS) is 10.7. The molecule has 3 aromatic heterocycles. The van der Waals surface area contributed by atoms with Crippen molar-refractivity contribution in [1.29, 1.82) is 0 Å². The van der Waals surface area contributed by atoms with Crippen LogP contribution in [-0.4, -0.2) is 42.0 Å². The SMILES string of the molecule is Cc1nc(-c2ccccn2)sc1C(=O)NNC(=O)c1ccc(Cn2nnc(-c3ccccc3)n2)cc1. The third kappa shape index (κ3) is 5.15. The molecule has 0 atom stereocenters. The Morgan fingerprint density at radius 1 is 0.917 bits per heavy atom. The van der Waals surface area contributed by atoms with Crippen LogP contribution in [0.15, 0.2) is 79.0 Å². The summed E-state index contributed by atoms with van der Waals surface area (Å²) < 4.78 is 0. The van der Waals surface area contributed by atoms with Gasteiger partial charge in [-0.25, -0.2) is 4.98 Å². The second-order valence-corrected chi connectivity index (χ2v) is 8.76. The maximum absolute atomic E-state index is 12.6. The standard InChI is InChI=1S/C25H20N8O2S/c1-16-21(36-25(27-16)20-9-5-6-14-26-20)24(35)30-29-23(34)19-12-10-17(11-13-19)15-33-31-22(28-32-33)18-7-3-2-4-8-18/h2-14H,15H2,1H3,(H,29,34)(H,30,35). The van der Waals surface area contributed by atoms with Crippen molar-refractivity contribution in [3.05, 3.63) is 101 Å². The molecule has 11 heteroatoms. The molecule has 0 unspecified atom stereocenters. The number of carbonyl (C=O) groups excluding carboxylic acids is 2. The van der Waals surface area contributed by atoms with Crippen molar-refractivity contribution in [3.63, 3.8) is 0 Å². The van der Waals surface area contributed by atoms with Crippen LogP contribution in [0.1, 0.15) is 31.3 Å². The molecule has 0 bridgehead atoms. The summed E-state index contributed by atoms with van der Waals surface area (Å²) in [6.07, 6.45) is 1.67. The number of nitrogens with zero attached hydrogens (tertiary/aromatic N) is 6. The second kappa shape index (κ2) is 10.2. The van der Waals surface area contributed by atoms with E-state index in [2.05, 4.69) is 36.2 Å². The molecule has 0 aliphatic carbocycles. The average molecular weight is 497 g/mol. The summed E-state index contributed by atoms with van der Waals surface area (Å²) in [4.78, 5) is 35.7. The molecule has 0 saturated heterocycles. The van der Waals surface area contributed by atoms with Crippen molar-refractivity contribution in [3.8, 4) is 22.1 Å². The Kier molecular flexibility index (Phi) is 6.54. The van der Waals surface area contributed by atoms with E-state index in [4.69, 9.17) is 0 Å². The number of pyridine rings is 1. The van der Waals surface area contributed by atoms with Crippen LogP contribution in [0.4, 0.5) is 0 Å². The highest BCUT2D eigenvalue weighted by molar-refractivity contribution is 7.17. The minimum absolute atomic E-state index is 0.394. The van der Waals surface area contributed by atoms with Gasteiger partial charge in [-0.15, -0.1) is 21.5 Å². The zero-order valence-corrected chi connectivity index (χ0v) is 19.9. The highest BCUT2D eigenvalue weighted by atomic mass is 32.1. The van der Waals surface area contributed by atoms with Crippen molar-refractivity contribution >= 4 is 23.2 Å². The predicted molar refractivity (Wildman–Crippen MR) is 134 cm³/mol. The first-order valence-corrected chi connectivity index (χ1v) is 11.8. The fourth-order valence-corrected chi connectivity index (χ4v) is 4.32. The lowest BCUT2D eigenvalue weighted by atomic mass is 10.1. The van der Waals surface area contributed by atoms with Crippen molar-refractivity contribution in [2.75, 3.05) is 0 Å². The molecule has 5 rings (SSSR count). The van der Waals surface area contributed by atoms with E-state index in [-0.39, 0.29) is 0 Å². The Labute approximate surface area is 210 Å². The summed E-state index contributed by atoms with van der Waals surface area (Å²) in [5.74, 6) is -0.332. The zero-order valence-electron chi connectivity index (χ0n) is 19.1. The fraction of sp³-hybridized carbons (Fsp3) is 0.0800. The highest BCUT2D eigenvalue weighted by Crippen LogP contribution is 2.26. The van der Waals surface area contributed by atoms with E-state index in [1.807, 2.05) is 48.5 Å². The number of benzene rings is 2. The molecule has 0 radical (unpaired) electrons. The molecule has 2 aromatic carbocycles. The minimum atomic E-state index is -0.441. The van der Waals surface area contributed by atoms with E-state index >= 15 is 0 Å². The highest BCUT2D eigenvalue weighted by Gasteiger charge is 2.17. The summed E-state index contributed by atoms with van der Waals surface area (Å²) in [6, 6.07) is 22.0. The van der Waals surface area contributed by atoms with Crippen molar-refractivity contribution in [1.82, 2.24) is 41.0 Å². The van der Waals surface area contributed by atoms with Gasteiger partial charge < -0.3 is 0 Å². The molecule has 0 aliphatic rings. The van der Waals surface area contributed by atoms with Gasteiger partial charge >= 0.3 is 0 Å². The van der Waals surface area contributed by atoms with E-state index in [0.717, 1.165) is 11.1 Å². The van der Waals surface area contributed by atoms with Crippen LogP contribution < -0.4 is 10.9 Å². The maximum Gasteiger partial charge on any atom is 0.281 e. The lowest BCUT2D eigenvalue weighted by Crippen LogP contribution is -2.41. The number of thiazole rings is 1. The third-order valence-electron chi connectivity index (χ3n) is 5.20. The van der Waals surface area contributed by atoms with Crippen LogP contribution in [0.25, 0.3) is 22.1 Å². The zero-order chi connectivity index (χ0) is 24.9. The van der Waals surface area contributed by atoms with E-state index in [1.54, 1.807) is 37.4 Å². The lowest BCUT2D eigenvalue weighted by molar-refractivity contribution is 0.0848. The quantitative estimate of drug-likeness (QED) is 0.345. The average Bonchev–Trinajstić information content (AvgIpc) is 3.55. The summed E-state index contributed by atoms with van der Waals surface area (Å²) in [6.45, 7) is 2.15.